The summed E-state index contributed by atoms with van der Waals surface area (Å²) in [6, 6.07) is 4.28. The molecule has 0 aliphatic carbocycles. The Kier molecular flexibility index (Phi) is 3.69. The Hall–Kier alpha value is -1.06. The molecule has 0 spiro atoms. The van der Waals surface area contributed by atoms with Crippen molar-refractivity contribution >= 4 is 0 Å². The van der Waals surface area contributed by atoms with Crippen LogP contribution in [0, 0.1) is 13.8 Å². The molecule has 3 nitrogen and oxygen atoms in total. The van der Waals surface area contributed by atoms with Crippen LogP contribution < -0.4 is 10.1 Å². The number of hydrogen-bond donors (Lipinski definition) is 2. The molecule has 0 bridgehead atoms. The quantitative estimate of drug-likeness (QED) is 0.825. The van der Waals surface area contributed by atoms with Crippen molar-refractivity contribution in [2.24, 2.45) is 0 Å². The van der Waals surface area contributed by atoms with Crippen LogP contribution in [-0.4, -0.2) is 24.9 Å². The topological polar surface area (TPSA) is 41.5 Å². The molecule has 0 amide bonds. The van der Waals surface area contributed by atoms with Crippen molar-refractivity contribution < 1.29 is 9.84 Å². The van der Waals surface area contributed by atoms with E-state index >= 15 is 0 Å². The van der Waals surface area contributed by atoms with Crippen LogP contribution in [0.1, 0.15) is 35.6 Å². The lowest BCUT2D eigenvalue weighted by atomic mass is 9.92. The molecule has 3 heteroatoms. The lowest BCUT2D eigenvalue weighted by Crippen LogP contribution is -2.37. The molecule has 2 rings (SSSR count). The average molecular weight is 235 g/mol. The summed E-state index contributed by atoms with van der Waals surface area (Å²) in [5.41, 5.74) is 3.41. The van der Waals surface area contributed by atoms with Gasteiger partial charge in [0.05, 0.1) is 19.3 Å². The summed E-state index contributed by atoms with van der Waals surface area (Å²) in [5.74, 6) is 0.944. The van der Waals surface area contributed by atoms with Crippen molar-refractivity contribution in [3.8, 4) is 5.75 Å². The fourth-order valence-electron chi connectivity index (χ4n) is 2.70. The Balaban J connectivity index is 2.32. The van der Waals surface area contributed by atoms with E-state index in [1.807, 2.05) is 13.8 Å². The van der Waals surface area contributed by atoms with Crippen molar-refractivity contribution in [2.75, 3.05) is 13.7 Å². The third-order valence-corrected chi connectivity index (χ3v) is 3.47. The maximum atomic E-state index is 10.0. The van der Waals surface area contributed by atoms with Gasteiger partial charge in [0.2, 0.25) is 0 Å². The number of aliphatic hydroxyl groups is 1. The van der Waals surface area contributed by atoms with Crippen LogP contribution in [0.5, 0.6) is 5.75 Å². The second-order valence-corrected chi connectivity index (χ2v) is 4.83. The summed E-state index contributed by atoms with van der Waals surface area (Å²) in [7, 11) is 1.70. The second-order valence-electron chi connectivity index (χ2n) is 4.83. The molecule has 94 valence electrons. The molecular weight excluding hydrogens is 214 g/mol. The number of aliphatic hydroxyl groups excluding tert-OH is 1. The lowest BCUT2D eigenvalue weighted by Gasteiger charge is -2.30. The maximum absolute atomic E-state index is 10.0. The number of aryl methyl sites for hydroxylation is 2. The van der Waals surface area contributed by atoms with E-state index in [2.05, 4.69) is 17.4 Å². The Labute approximate surface area is 103 Å². The number of ether oxygens (including phenoxy) is 1. The van der Waals surface area contributed by atoms with Gasteiger partial charge >= 0.3 is 0 Å². The van der Waals surface area contributed by atoms with E-state index < -0.39 is 0 Å². The Morgan fingerprint density at radius 3 is 2.47 bits per heavy atom. The lowest BCUT2D eigenvalue weighted by molar-refractivity contribution is 0.0964. The van der Waals surface area contributed by atoms with Crippen molar-refractivity contribution in [3.05, 3.63) is 28.8 Å². The first-order chi connectivity index (χ1) is 8.13. The molecule has 1 aliphatic heterocycles. The summed E-state index contributed by atoms with van der Waals surface area (Å²) in [5, 5.41) is 13.4. The average Bonchev–Trinajstić information content (AvgIpc) is 2.29. The van der Waals surface area contributed by atoms with Gasteiger partial charge in [-0.3, -0.25) is 0 Å². The molecule has 0 aromatic heterocycles. The highest BCUT2D eigenvalue weighted by molar-refractivity contribution is 5.44. The van der Waals surface area contributed by atoms with Crippen LogP contribution in [0.15, 0.2) is 12.1 Å². The van der Waals surface area contributed by atoms with E-state index in [1.165, 1.54) is 0 Å². The second kappa shape index (κ2) is 5.07. The minimum atomic E-state index is -0.282. The van der Waals surface area contributed by atoms with Gasteiger partial charge in [-0.1, -0.05) is 12.1 Å². The summed E-state index contributed by atoms with van der Waals surface area (Å²) >= 11 is 0. The molecule has 1 aromatic rings. The predicted molar refractivity (Wildman–Crippen MR) is 68.5 cm³/mol. The molecule has 1 aromatic carbocycles. The van der Waals surface area contributed by atoms with E-state index in [-0.39, 0.29) is 12.1 Å². The zero-order valence-corrected chi connectivity index (χ0v) is 10.8. The van der Waals surface area contributed by atoms with Crippen LogP contribution in [-0.2, 0) is 0 Å². The molecule has 0 radical (unpaired) electrons. The highest BCUT2D eigenvalue weighted by atomic mass is 16.5. The van der Waals surface area contributed by atoms with Crippen molar-refractivity contribution in [3.63, 3.8) is 0 Å². The first-order valence-corrected chi connectivity index (χ1v) is 6.20. The fraction of sp³-hybridized carbons (Fsp3) is 0.571. The van der Waals surface area contributed by atoms with Gasteiger partial charge in [-0.2, -0.15) is 0 Å². The SMILES string of the molecule is COc1c(C)cc(C2NCCCC2O)cc1C. The first-order valence-electron chi connectivity index (χ1n) is 6.20. The zero-order valence-electron chi connectivity index (χ0n) is 10.8. The third kappa shape index (κ3) is 2.45. The number of rotatable bonds is 2. The Bertz CT molecular complexity index is 380. The molecule has 1 heterocycles. The number of piperidine rings is 1. The number of hydrogen-bond acceptors (Lipinski definition) is 3. The van der Waals surface area contributed by atoms with E-state index in [9.17, 15) is 5.11 Å². The largest absolute Gasteiger partial charge is 0.496 e. The van der Waals surface area contributed by atoms with Gasteiger partial charge in [-0.15, -0.1) is 0 Å². The smallest absolute Gasteiger partial charge is 0.124 e. The van der Waals surface area contributed by atoms with E-state index in [0.29, 0.717) is 0 Å². The molecule has 0 saturated carbocycles. The molecule has 1 fully saturated rings. The Morgan fingerprint density at radius 1 is 1.29 bits per heavy atom. The minimum Gasteiger partial charge on any atom is -0.496 e. The molecule has 2 N–H and O–H groups in total. The normalized spacial score (nSPS) is 24.7. The predicted octanol–water partition coefficient (Wildman–Crippen LogP) is 2.10. The van der Waals surface area contributed by atoms with Crippen molar-refractivity contribution in [1.82, 2.24) is 5.32 Å². The third-order valence-electron chi connectivity index (χ3n) is 3.47. The van der Waals surface area contributed by atoms with E-state index in [1.54, 1.807) is 7.11 Å². The number of nitrogens with one attached hydrogen (secondary N) is 1. The summed E-state index contributed by atoms with van der Waals surface area (Å²) in [4.78, 5) is 0. The molecule has 17 heavy (non-hydrogen) atoms. The molecular formula is C14H21NO2. The van der Waals surface area contributed by atoms with Gasteiger partial charge in [0.15, 0.2) is 0 Å². The van der Waals surface area contributed by atoms with Crippen LogP contribution in [0.4, 0.5) is 0 Å². The van der Waals surface area contributed by atoms with Crippen LogP contribution in [0.25, 0.3) is 0 Å². The summed E-state index contributed by atoms with van der Waals surface area (Å²) in [6.07, 6.45) is 1.64. The fourth-order valence-corrected chi connectivity index (χ4v) is 2.70. The van der Waals surface area contributed by atoms with Crippen LogP contribution in [0.2, 0.25) is 0 Å². The summed E-state index contributed by atoms with van der Waals surface area (Å²) < 4.78 is 5.36. The molecule has 1 aliphatic rings. The summed E-state index contributed by atoms with van der Waals surface area (Å²) in [6.45, 7) is 5.07. The molecule has 2 unspecified atom stereocenters. The highest BCUT2D eigenvalue weighted by Crippen LogP contribution is 2.30. The first kappa shape index (κ1) is 12.4. The van der Waals surface area contributed by atoms with Gasteiger partial charge in [0.25, 0.3) is 0 Å². The van der Waals surface area contributed by atoms with E-state index in [4.69, 9.17) is 4.74 Å². The molecule has 1 saturated heterocycles. The van der Waals surface area contributed by atoms with Gasteiger partial charge < -0.3 is 15.2 Å². The standard InChI is InChI=1S/C14H21NO2/c1-9-7-11(8-10(2)14(9)17-3)13-12(16)5-4-6-15-13/h7-8,12-13,15-16H,4-6H2,1-3H3. The zero-order chi connectivity index (χ0) is 12.4. The van der Waals surface area contributed by atoms with Crippen LogP contribution >= 0.6 is 0 Å². The van der Waals surface area contributed by atoms with E-state index in [0.717, 1.165) is 41.8 Å². The number of benzene rings is 1. The molecule has 2 atom stereocenters. The number of methoxy groups -OCH3 is 1. The minimum absolute atomic E-state index is 0.0621. The Morgan fingerprint density at radius 2 is 1.94 bits per heavy atom. The van der Waals surface area contributed by atoms with Gasteiger partial charge in [0, 0.05) is 0 Å². The van der Waals surface area contributed by atoms with Gasteiger partial charge in [-0.25, -0.2) is 0 Å². The van der Waals surface area contributed by atoms with Crippen molar-refractivity contribution in [2.45, 2.75) is 38.8 Å². The maximum Gasteiger partial charge on any atom is 0.124 e. The van der Waals surface area contributed by atoms with Crippen LogP contribution in [0.3, 0.4) is 0 Å². The van der Waals surface area contributed by atoms with Crippen molar-refractivity contribution in [1.29, 1.82) is 0 Å². The monoisotopic (exact) mass is 235 g/mol. The van der Waals surface area contributed by atoms with Gasteiger partial charge in [-0.05, 0) is 49.9 Å². The van der Waals surface area contributed by atoms with Gasteiger partial charge in [0.1, 0.15) is 5.75 Å². The highest BCUT2D eigenvalue weighted by Gasteiger charge is 2.24.